The molecule has 5 nitrogen and oxygen atoms in total. The molecule has 0 aliphatic carbocycles. The summed E-state index contributed by atoms with van der Waals surface area (Å²) in [6, 6.07) is 0. The summed E-state index contributed by atoms with van der Waals surface area (Å²) in [5.41, 5.74) is 0. The summed E-state index contributed by atoms with van der Waals surface area (Å²) in [7, 11) is 2.82. The van der Waals surface area contributed by atoms with E-state index in [4.69, 9.17) is 4.74 Å². The van der Waals surface area contributed by atoms with Gasteiger partial charge >= 0.3 is 0 Å². The first-order valence-electron chi connectivity index (χ1n) is 4.09. The highest BCUT2D eigenvalue weighted by atomic mass is 79.9. The van der Waals surface area contributed by atoms with Crippen LogP contribution in [-0.4, -0.2) is 63.3 Å². The van der Waals surface area contributed by atoms with E-state index < -0.39 is 10.2 Å². The topological polar surface area (TPSA) is 49.9 Å². The molecule has 0 bridgehead atoms. The van der Waals surface area contributed by atoms with Gasteiger partial charge in [0, 0.05) is 34.8 Å². The van der Waals surface area contributed by atoms with Crippen LogP contribution in [-0.2, 0) is 14.9 Å². The van der Waals surface area contributed by atoms with E-state index in [-0.39, 0.29) is 4.83 Å². The summed E-state index contributed by atoms with van der Waals surface area (Å²) in [6.45, 7) is 0.863. The predicted molar refractivity (Wildman–Crippen MR) is 59.8 cm³/mol. The maximum Gasteiger partial charge on any atom is 0.281 e. The number of hydrogen-bond donors (Lipinski definition) is 0. The van der Waals surface area contributed by atoms with Gasteiger partial charge in [0.15, 0.2) is 0 Å². The third kappa shape index (κ3) is 4.22. The van der Waals surface area contributed by atoms with E-state index in [1.165, 1.54) is 22.7 Å². The molecule has 0 aliphatic heterocycles. The van der Waals surface area contributed by atoms with Crippen molar-refractivity contribution in [1.29, 1.82) is 0 Å². The Morgan fingerprint density at radius 2 is 1.86 bits per heavy atom. The molecule has 0 saturated heterocycles. The zero-order valence-corrected chi connectivity index (χ0v) is 11.3. The van der Waals surface area contributed by atoms with Crippen molar-refractivity contribution in [2.45, 2.75) is 4.83 Å². The van der Waals surface area contributed by atoms with Crippen LogP contribution in [0.3, 0.4) is 0 Å². The third-order valence-corrected chi connectivity index (χ3v) is 4.07. The molecule has 86 valence electrons. The van der Waals surface area contributed by atoms with Crippen LogP contribution >= 0.6 is 15.9 Å². The van der Waals surface area contributed by atoms with Gasteiger partial charge in [-0.15, -0.1) is 0 Å². The van der Waals surface area contributed by atoms with Crippen molar-refractivity contribution in [3.8, 4) is 0 Å². The largest absolute Gasteiger partial charge is 0.383 e. The Morgan fingerprint density at radius 1 is 1.36 bits per heavy atom. The normalized spacial score (nSPS) is 15.1. The lowest BCUT2D eigenvalue weighted by molar-refractivity contribution is 0.195. The smallest absolute Gasteiger partial charge is 0.281 e. The maximum absolute atomic E-state index is 11.6. The number of ether oxygens (including phenoxy) is 1. The van der Waals surface area contributed by atoms with Crippen LogP contribution in [0.2, 0.25) is 0 Å². The highest BCUT2D eigenvalue weighted by Gasteiger charge is 2.22. The quantitative estimate of drug-likeness (QED) is 0.653. The van der Waals surface area contributed by atoms with Crippen molar-refractivity contribution >= 4 is 26.1 Å². The molecule has 0 amide bonds. The van der Waals surface area contributed by atoms with Gasteiger partial charge in [-0.2, -0.15) is 17.0 Å². The first-order chi connectivity index (χ1) is 6.32. The van der Waals surface area contributed by atoms with Crippen LogP contribution in [0.5, 0.6) is 0 Å². The van der Waals surface area contributed by atoms with Crippen molar-refractivity contribution in [1.82, 2.24) is 8.61 Å². The molecule has 0 fully saturated rings. The van der Waals surface area contributed by atoms with Crippen LogP contribution < -0.4 is 0 Å². The Balaban J connectivity index is 4.28. The fraction of sp³-hybridized carbons (Fsp3) is 1.00. The van der Waals surface area contributed by atoms with E-state index in [1.54, 1.807) is 14.2 Å². The number of alkyl halides is 1. The number of methoxy groups -OCH3 is 1. The van der Waals surface area contributed by atoms with Gasteiger partial charge in [-0.1, -0.05) is 15.9 Å². The van der Waals surface area contributed by atoms with Gasteiger partial charge in [0.2, 0.25) is 0 Å². The van der Waals surface area contributed by atoms with Gasteiger partial charge in [0.25, 0.3) is 10.2 Å². The molecule has 1 atom stereocenters. The average molecular weight is 289 g/mol. The van der Waals surface area contributed by atoms with Gasteiger partial charge in [-0.3, -0.25) is 0 Å². The average Bonchev–Trinajstić information content (AvgIpc) is 2.03. The van der Waals surface area contributed by atoms with Gasteiger partial charge in [-0.25, -0.2) is 0 Å². The Labute approximate surface area is 94.3 Å². The number of halogens is 1. The Morgan fingerprint density at radius 3 is 2.21 bits per heavy atom. The second kappa shape index (κ2) is 6.02. The van der Waals surface area contributed by atoms with E-state index in [2.05, 4.69) is 15.9 Å². The second-order valence-corrected chi connectivity index (χ2v) is 6.67. The molecular weight excluding hydrogens is 272 g/mol. The molecule has 0 N–H and O–H groups in total. The third-order valence-electron chi connectivity index (χ3n) is 1.66. The van der Waals surface area contributed by atoms with Crippen LogP contribution in [0.15, 0.2) is 0 Å². The molecule has 0 aliphatic rings. The van der Waals surface area contributed by atoms with E-state index in [1.807, 2.05) is 0 Å². The van der Waals surface area contributed by atoms with E-state index in [0.717, 1.165) is 0 Å². The molecule has 0 rings (SSSR count). The monoisotopic (exact) mass is 288 g/mol. The molecule has 0 heterocycles. The maximum atomic E-state index is 11.6. The molecule has 0 radical (unpaired) electrons. The summed E-state index contributed by atoms with van der Waals surface area (Å²) in [6.07, 6.45) is 0. The fourth-order valence-corrected chi connectivity index (χ4v) is 2.70. The van der Waals surface area contributed by atoms with Crippen LogP contribution in [0, 0.1) is 0 Å². The van der Waals surface area contributed by atoms with Gasteiger partial charge < -0.3 is 4.74 Å². The number of hydrogen-bond acceptors (Lipinski definition) is 3. The zero-order chi connectivity index (χ0) is 11.4. The molecule has 0 aromatic heterocycles. The molecule has 0 saturated carbocycles. The van der Waals surface area contributed by atoms with E-state index in [0.29, 0.717) is 13.2 Å². The molecule has 7 heteroatoms. The summed E-state index contributed by atoms with van der Waals surface area (Å²) >= 11 is 3.33. The SMILES string of the molecule is COCC(Br)CN(C)S(=O)(=O)N(C)C. The molecule has 0 aromatic carbocycles. The first-order valence-corrected chi connectivity index (χ1v) is 6.40. The summed E-state index contributed by atoms with van der Waals surface area (Å²) < 4.78 is 30.5. The number of rotatable bonds is 6. The highest BCUT2D eigenvalue weighted by Crippen LogP contribution is 2.07. The van der Waals surface area contributed by atoms with Gasteiger partial charge in [-0.05, 0) is 0 Å². The van der Waals surface area contributed by atoms with Crippen LogP contribution in [0.1, 0.15) is 0 Å². The molecular formula is C7H17BrN2O3S. The van der Waals surface area contributed by atoms with Gasteiger partial charge in [0.05, 0.1) is 11.4 Å². The lowest BCUT2D eigenvalue weighted by Gasteiger charge is -2.23. The standard InChI is InChI=1S/C7H17BrN2O3S/c1-9(2)14(11,12)10(3)5-7(8)6-13-4/h7H,5-6H2,1-4H3. The summed E-state index contributed by atoms with van der Waals surface area (Å²) in [5.74, 6) is 0. The Kier molecular flexibility index (Phi) is 6.15. The van der Waals surface area contributed by atoms with E-state index >= 15 is 0 Å². The lowest BCUT2D eigenvalue weighted by Crippen LogP contribution is -2.40. The molecule has 1 unspecified atom stereocenters. The summed E-state index contributed by atoms with van der Waals surface area (Å²) in [5, 5.41) is 0. The molecule has 14 heavy (non-hydrogen) atoms. The van der Waals surface area contributed by atoms with Crippen molar-refractivity contribution < 1.29 is 13.2 Å². The van der Waals surface area contributed by atoms with Crippen LogP contribution in [0.25, 0.3) is 0 Å². The van der Waals surface area contributed by atoms with E-state index in [9.17, 15) is 8.42 Å². The van der Waals surface area contributed by atoms with Crippen molar-refractivity contribution in [3.05, 3.63) is 0 Å². The minimum absolute atomic E-state index is 0.00669. The second-order valence-electron chi connectivity index (χ2n) is 3.12. The van der Waals surface area contributed by atoms with Gasteiger partial charge in [0.1, 0.15) is 0 Å². The lowest BCUT2D eigenvalue weighted by atomic mass is 10.4. The summed E-state index contributed by atoms with van der Waals surface area (Å²) in [4.78, 5) is 0.00669. The Hall–Kier alpha value is 0.310. The van der Waals surface area contributed by atoms with Crippen molar-refractivity contribution in [2.75, 3.05) is 41.4 Å². The molecule has 0 spiro atoms. The Bertz CT molecular complexity index is 256. The minimum atomic E-state index is -3.31. The minimum Gasteiger partial charge on any atom is -0.383 e. The predicted octanol–water partition coefficient (Wildman–Crippen LogP) is 0.135. The fourth-order valence-electron chi connectivity index (χ4n) is 0.885. The van der Waals surface area contributed by atoms with Crippen LogP contribution in [0.4, 0.5) is 0 Å². The number of nitrogens with zero attached hydrogens (tertiary/aromatic N) is 2. The zero-order valence-electron chi connectivity index (χ0n) is 8.90. The first kappa shape index (κ1) is 14.3. The highest BCUT2D eigenvalue weighted by molar-refractivity contribution is 9.09. The van der Waals surface area contributed by atoms with Crippen molar-refractivity contribution in [2.24, 2.45) is 0 Å². The molecule has 0 aromatic rings. The van der Waals surface area contributed by atoms with Crippen molar-refractivity contribution in [3.63, 3.8) is 0 Å².